The predicted molar refractivity (Wildman–Crippen MR) is 99.0 cm³/mol. The lowest BCUT2D eigenvalue weighted by atomic mass is 9.98. The molecule has 132 valence electrons. The number of phenolic OH excluding ortho intramolecular Hbond substituents is 1. The third-order valence-electron chi connectivity index (χ3n) is 4.22. The van der Waals surface area contributed by atoms with E-state index >= 15 is 0 Å². The van der Waals surface area contributed by atoms with Crippen LogP contribution in [-0.4, -0.2) is 30.1 Å². The molecule has 3 aromatic rings. The van der Waals surface area contributed by atoms with Gasteiger partial charge in [-0.1, -0.05) is 42.5 Å². The number of phenols is 1. The van der Waals surface area contributed by atoms with Gasteiger partial charge in [0.25, 0.3) is 5.91 Å². The molecule has 3 aromatic carbocycles. The summed E-state index contributed by atoms with van der Waals surface area (Å²) in [7, 11) is 1.30. The fraction of sp³-hybridized carbons (Fsp3) is 0.143. The Balaban J connectivity index is 1.85. The number of ether oxygens (including phenoxy) is 1. The summed E-state index contributed by atoms with van der Waals surface area (Å²) in [4.78, 5) is 24.6. The van der Waals surface area contributed by atoms with Crippen molar-refractivity contribution in [3.63, 3.8) is 0 Å². The molecular weight excluding hydrogens is 330 g/mol. The summed E-state index contributed by atoms with van der Waals surface area (Å²) in [5.74, 6) is -0.840. The van der Waals surface area contributed by atoms with E-state index in [0.717, 1.165) is 16.3 Å². The molecule has 0 unspecified atom stereocenters. The highest BCUT2D eigenvalue weighted by Crippen LogP contribution is 2.20. The van der Waals surface area contributed by atoms with Gasteiger partial charge in [-0.05, 0) is 40.6 Å². The molecule has 5 nitrogen and oxygen atoms in total. The molecule has 0 bridgehead atoms. The molecule has 0 fully saturated rings. The zero-order chi connectivity index (χ0) is 18.5. The second-order valence-electron chi connectivity index (χ2n) is 5.94. The Morgan fingerprint density at radius 3 is 2.42 bits per heavy atom. The number of benzene rings is 3. The number of fused-ring (bicyclic) bond motifs is 1. The van der Waals surface area contributed by atoms with Crippen LogP contribution in [0.3, 0.4) is 0 Å². The first-order chi connectivity index (χ1) is 12.6. The lowest BCUT2D eigenvalue weighted by molar-refractivity contribution is -0.142. The van der Waals surface area contributed by atoms with Crippen molar-refractivity contribution in [2.75, 3.05) is 7.11 Å². The van der Waals surface area contributed by atoms with E-state index in [1.165, 1.54) is 31.4 Å². The number of aromatic hydroxyl groups is 1. The highest BCUT2D eigenvalue weighted by atomic mass is 16.5. The number of nitrogens with one attached hydrogen (secondary N) is 1. The zero-order valence-electron chi connectivity index (χ0n) is 14.3. The molecule has 0 aliphatic rings. The van der Waals surface area contributed by atoms with Crippen LogP contribution in [0.2, 0.25) is 0 Å². The quantitative estimate of drug-likeness (QED) is 0.694. The van der Waals surface area contributed by atoms with Crippen LogP contribution >= 0.6 is 0 Å². The van der Waals surface area contributed by atoms with Gasteiger partial charge in [0.1, 0.15) is 11.8 Å². The van der Waals surface area contributed by atoms with E-state index in [-0.39, 0.29) is 5.75 Å². The van der Waals surface area contributed by atoms with Gasteiger partial charge in [0, 0.05) is 12.0 Å². The largest absolute Gasteiger partial charge is 0.508 e. The monoisotopic (exact) mass is 349 g/mol. The van der Waals surface area contributed by atoms with E-state index in [2.05, 4.69) is 5.32 Å². The number of rotatable bonds is 5. The molecule has 3 rings (SSSR count). The molecule has 0 saturated heterocycles. The Morgan fingerprint density at radius 2 is 1.69 bits per heavy atom. The Bertz CT molecular complexity index is 929. The number of esters is 1. The van der Waals surface area contributed by atoms with Crippen LogP contribution in [0.5, 0.6) is 5.75 Å². The van der Waals surface area contributed by atoms with E-state index < -0.39 is 17.9 Å². The smallest absolute Gasteiger partial charge is 0.328 e. The number of carbonyl (C=O) groups is 2. The first-order valence-corrected chi connectivity index (χ1v) is 8.23. The molecule has 26 heavy (non-hydrogen) atoms. The molecule has 1 amide bonds. The second kappa shape index (κ2) is 7.70. The van der Waals surface area contributed by atoms with Crippen LogP contribution in [0.15, 0.2) is 66.7 Å². The number of hydrogen-bond donors (Lipinski definition) is 2. The Kier molecular flexibility index (Phi) is 5.17. The SMILES string of the molecule is COC(=O)[C@H](Cc1cccc2ccccc12)NC(=O)c1ccc(O)cc1. The molecule has 0 spiro atoms. The van der Waals surface area contributed by atoms with Crippen molar-refractivity contribution in [2.24, 2.45) is 0 Å². The minimum atomic E-state index is -0.813. The molecule has 0 aliphatic heterocycles. The molecule has 0 saturated carbocycles. The highest BCUT2D eigenvalue weighted by Gasteiger charge is 2.23. The molecule has 0 radical (unpaired) electrons. The Morgan fingerprint density at radius 1 is 1.00 bits per heavy atom. The Hall–Kier alpha value is -3.34. The van der Waals surface area contributed by atoms with Crippen LogP contribution < -0.4 is 5.32 Å². The normalized spacial score (nSPS) is 11.7. The summed E-state index contributed by atoms with van der Waals surface area (Å²) < 4.78 is 4.86. The summed E-state index contributed by atoms with van der Waals surface area (Å²) >= 11 is 0. The van der Waals surface area contributed by atoms with Gasteiger partial charge in [-0.3, -0.25) is 4.79 Å². The van der Waals surface area contributed by atoms with Crippen molar-refractivity contribution < 1.29 is 19.4 Å². The first-order valence-electron chi connectivity index (χ1n) is 8.23. The Labute approximate surface area is 151 Å². The van der Waals surface area contributed by atoms with Gasteiger partial charge in [-0.2, -0.15) is 0 Å². The van der Waals surface area contributed by atoms with Gasteiger partial charge in [-0.15, -0.1) is 0 Å². The van der Waals surface area contributed by atoms with Crippen LogP contribution in [0.1, 0.15) is 15.9 Å². The van der Waals surface area contributed by atoms with Crippen LogP contribution in [-0.2, 0) is 16.0 Å². The number of amides is 1. The van der Waals surface area contributed by atoms with E-state index in [1.54, 1.807) is 0 Å². The van der Waals surface area contributed by atoms with Gasteiger partial charge in [-0.25, -0.2) is 4.79 Å². The third-order valence-corrected chi connectivity index (χ3v) is 4.22. The maximum absolute atomic E-state index is 12.4. The molecule has 5 heteroatoms. The minimum Gasteiger partial charge on any atom is -0.508 e. The molecule has 0 heterocycles. The average molecular weight is 349 g/mol. The molecule has 0 aliphatic carbocycles. The maximum atomic E-state index is 12.4. The van der Waals surface area contributed by atoms with Crippen molar-refractivity contribution in [2.45, 2.75) is 12.5 Å². The zero-order valence-corrected chi connectivity index (χ0v) is 14.3. The highest BCUT2D eigenvalue weighted by molar-refractivity contribution is 5.97. The summed E-state index contributed by atoms with van der Waals surface area (Å²) in [6.07, 6.45) is 0.317. The van der Waals surface area contributed by atoms with Crippen LogP contribution in [0, 0.1) is 0 Å². The van der Waals surface area contributed by atoms with Crippen LogP contribution in [0.25, 0.3) is 10.8 Å². The fourth-order valence-electron chi connectivity index (χ4n) is 2.88. The van der Waals surface area contributed by atoms with E-state index in [4.69, 9.17) is 4.74 Å². The van der Waals surface area contributed by atoms with Crippen molar-refractivity contribution in [1.82, 2.24) is 5.32 Å². The number of carbonyl (C=O) groups excluding carboxylic acids is 2. The van der Waals surface area contributed by atoms with Crippen molar-refractivity contribution in [3.8, 4) is 5.75 Å². The van der Waals surface area contributed by atoms with Crippen LogP contribution in [0.4, 0.5) is 0 Å². The van der Waals surface area contributed by atoms with Gasteiger partial charge in [0.15, 0.2) is 0 Å². The molecular formula is C21H19NO4. The van der Waals surface area contributed by atoms with E-state index in [9.17, 15) is 14.7 Å². The summed E-state index contributed by atoms with van der Waals surface area (Å²) in [5.41, 5.74) is 1.30. The second-order valence-corrected chi connectivity index (χ2v) is 5.94. The molecule has 2 N–H and O–H groups in total. The van der Waals surface area contributed by atoms with Crippen molar-refractivity contribution >= 4 is 22.6 Å². The maximum Gasteiger partial charge on any atom is 0.328 e. The lowest BCUT2D eigenvalue weighted by Crippen LogP contribution is -2.43. The topological polar surface area (TPSA) is 75.6 Å². The predicted octanol–water partition coefficient (Wildman–Crippen LogP) is 3.06. The molecule has 1 atom stereocenters. The molecule has 0 aromatic heterocycles. The lowest BCUT2D eigenvalue weighted by Gasteiger charge is -2.18. The third kappa shape index (κ3) is 3.83. The van der Waals surface area contributed by atoms with E-state index in [1.807, 2.05) is 42.5 Å². The van der Waals surface area contributed by atoms with Gasteiger partial charge in [0.2, 0.25) is 0 Å². The fourth-order valence-corrected chi connectivity index (χ4v) is 2.88. The standard InChI is InChI=1S/C21H19NO4/c1-26-21(25)19(22-20(24)15-9-11-17(23)12-10-15)13-16-7-4-6-14-5-2-3-8-18(14)16/h2-12,19,23H,13H2,1H3,(H,22,24)/t19-/m0/s1. The van der Waals surface area contributed by atoms with Gasteiger partial charge >= 0.3 is 5.97 Å². The minimum absolute atomic E-state index is 0.0711. The number of hydrogen-bond acceptors (Lipinski definition) is 4. The number of methoxy groups -OCH3 is 1. The summed E-state index contributed by atoms with van der Waals surface area (Å²) in [6.45, 7) is 0. The van der Waals surface area contributed by atoms with Crippen molar-refractivity contribution in [1.29, 1.82) is 0 Å². The van der Waals surface area contributed by atoms with Crippen molar-refractivity contribution in [3.05, 3.63) is 77.9 Å². The summed E-state index contributed by atoms with van der Waals surface area (Å²) in [5, 5.41) is 14.2. The average Bonchev–Trinajstić information content (AvgIpc) is 2.67. The first kappa shape index (κ1) is 17.5. The van der Waals surface area contributed by atoms with Gasteiger partial charge in [0.05, 0.1) is 7.11 Å². The summed E-state index contributed by atoms with van der Waals surface area (Å²) in [6, 6.07) is 18.8. The van der Waals surface area contributed by atoms with E-state index in [0.29, 0.717) is 12.0 Å². The van der Waals surface area contributed by atoms with Gasteiger partial charge < -0.3 is 15.2 Å².